The maximum atomic E-state index is 10.2. The van der Waals surface area contributed by atoms with Gasteiger partial charge in [-0.2, -0.15) is 0 Å². The van der Waals surface area contributed by atoms with Crippen molar-refractivity contribution >= 4 is 34.2 Å². The van der Waals surface area contributed by atoms with Gasteiger partial charge in [-0.3, -0.25) is 4.79 Å². The van der Waals surface area contributed by atoms with Crippen LogP contribution in [0.15, 0.2) is 0 Å². The van der Waals surface area contributed by atoms with Gasteiger partial charge in [0.15, 0.2) is 0 Å². The highest BCUT2D eigenvalue weighted by atomic mass is 32.2. The second-order valence-corrected chi connectivity index (χ2v) is 2.78. The van der Waals surface area contributed by atoms with E-state index in [2.05, 4.69) is 24.1 Å². The van der Waals surface area contributed by atoms with E-state index in [1.807, 2.05) is 0 Å². The molecule has 1 saturated heterocycles. The molecule has 1 aliphatic rings. The molecule has 0 unspecified atom stereocenters. The molecule has 0 atom stereocenters. The molecule has 1 heterocycles. The predicted molar refractivity (Wildman–Crippen MR) is 39.9 cm³/mol. The summed E-state index contributed by atoms with van der Waals surface area (Å²) >= 11 is 6.00. The number of nitrogens with one attached hydrogen (secondary N) is 1. The summed E-state index contributed by atoms with van der Waals surface area (Å²) in [5.41, 5.74) is 0. The molecular weight excluding hydrogens is 156 g/mol. The molecule has 0 aromatic carbocycles. The molecule has 0 spiro atoms. The van der Waals surface area contributed by atoms with Crippen LogP contribution in [-0.2, 0) is 4.79 Å². The second kappa shape index (κ2) is 4.30. The lowest BCUT2D eigenvalue weighted by Crippen LogP contribution is -2.18. The lowest BCUT2D eigenvalue weighted by Gasteiger charge is -1.81. The minimum absolute atomic E-state index is 0.0231. The number of carbonyl (C=O) groups is 1. The van der Waals surface area contributed by atoms with Crippen LogP contribution in [0.4, 0.5) is 0 Å². The maximum absolute atomic E-state index is 10.2. The fourth-order valence-electron chi connectivity index (χ4n) is 0.317. The first-order valence-electron chi connectivity index (χ1n) is 2.01. The Morgan fingerprint density at radius 3 is 2.44 bits per heavy atom. The van der Waals surface area contributed by atoms with Crippen LogP contribution in [0.3, 0.4) is 0 Å². The number of thioether (sulfide) groups is 1. The number of hydrogen-bond acceptors (Lipinski definition) is 4. The van der Waals surface area contributed by atoms with Crippen LogP contribution in [-0.4, -0.2) is 16.0 Å². The topological polar surface area (TPSA) is 52.9 Å². The fourth-order valence-corrected chi connectivity index (χ4v) is 1.13. The molecule has 0 bridgehead atoms. The monoisotopic (exact) mass is 160 g/mol. The van der Waals surface area contributed by atoms with Crippen LogP contribution in [0.1, 0.15) is 0 Å². The van der Waals surface area contributed by atoms with E-state index in [0.29, 0.717) is 10.1 Å². The van der Waals surface area contributed by atoms with Crippen LogP contribution < -0.4 is 5.32 Å². The van der Waals surface area contributed by atoms with Gasteiger partial charge < -0.3 is 5.32 Å². The van der Waals surface area contributed by atoms with Crippen molar-refractivity contribution in [3.63, 3.8) is 0 Å². The molecule has 0 aromatic rings. The highest BCUT2D eigenvalue weighted by Crippen LogP contribution is 2.06. The Bertz CT molecular complexity index is 140. The van der Waals surface area contributed by atoms with E-state index in [-0.39, 0.29) is 5.91 Å². The number of nitrogens with zero attached hydrogens (tertiary/aromatic N) is 1. The van der Waals surface area contributed by atoms with E-state index in [4.69, 9.17) is 5.26 Å². The van der Waals surface area contributed by atoms with Crippen LogP contribution in [0.2, 0.25) is 0 Å². The molecule has 5 heteroatoms. The summed E-state index contributed by atoms with van der Waals surface area (Å²) in [6.07, 6.45) is 0. The van der Waals surface area contributed by atoms with Gasteiger partial charge in [-0.25, -0.2) is 5.26 Å². The van der Waals surface area contributed by atoms with Crippen molar-refractivity contribution in [1.29, 1.82) is 5.26 Å². The zero-order chi connectivity index (χ0) is 7.28. The van der Waals surface area contributed by atoms with Crippen LogP contribution >= 0.6 is 24.0 Å². The highest BCUT2D eigenvalue weighted by molar-refractivity contribution is 8.24. The molecule has 3 nitrogen and oxygen atoms in total. The van der Waals surface area contributed by atoms with Crippen LogP contribution in [0, 0.1) is 11.8 Å². The minimum atomic E-state index is 0.0231. The number of thiocarbonyl (C=S) groups is 1. The Balaban J connectivity index is 0.000000291. The predicted octanol–water partition coefficient (Wildman–Crippen LogP) is 0.274. The summed E-state index contributed by atoms with van der Waals surface area (Å²) in [6.45, 7) is 3.50. The number of rotatable bonds is 0. The quantitative estimate of drug-likeness (QED) is 0.517. The van der Waals surface area contributed by atoms with Crippen LogP contribution in [0.25, 0.3) is 0 Å². The van der Waals surface area contributed by atoms with Crippen molar-refractivity contribution in [3.8, 4) is 6.57 Å². The van der Waals surface area contributed by atoms with Crippen molar-refractivity contribution in [2.45, 2.75) is 0 Å². The van der Waals surface area contributed by atoms with E-state index >= 15 is 0 Å². The van der Waals surface area contributed by atoms with E-state index in [9.17, 15) is 4.79 Å². The van der Waals surface area contributed by atoms with E-state index in [1.165, 1.54) is 11.8 Å². The summed E-state index contributed by atoms with van der Waals surface area (Å²) in [6, 6.07) is 0. The maximum Gasteiger partial charge on any atom is 0.235 e. The van der Waals surface area contributed by atoms with Gasteiger partial charge in [0.25, 0.3) is 0 Å². The zero-order valence-electron chi connectivity index (χ0n) is 4.46. The van der Waals surface area contributed by atoms with E-state index < -0.39 is 0 Å². The van der Waals surface area contributed by atoms with Crippen molar-refractivity contribution in [2.75, 3.05) is 5.75 Å². The molecule has 1 fully saturated rings. The molecular formula is C4H4N2OS2. The van der Waals surface area contributed by atoms with Crippen LogP contribution in [0.5, 0.6) is 0 Å². The Morgan fingerprint density at radius 2 is 2.33 bits per heavy atom. The first kappa shape index (κ1) is 8.40. The first-order chi connectivity index (χ1) is 4.29. The van der Waals surface area contributed by atoms with E-state index in [0.717, 1.165) is 0 Å². The van der Waals surface area contributed by atoms with Gasteiger partial charge in [0.05, 0.1) is 5.75 Å². The minimum Gasteiger partial charge on any atom is -0.311 e. The van der Waals surface area contributed by atoms with Gasteiger partial charge in [-0.05, 0) is 0 Å². The smallest absolute Gasteiger partial charge is 0.235 e. The molecule has 0 aromatic heterocycles. The summed E-state index contributed by atoms with van der Waals surface area (Å²) in [7, 11) is 0. The Labute approximate surface area is 62.4 Å². The number of nitriles is 1. The van der Waals surface area contributed by atoms with E-state index in [1.54, 1.807) is 0 Å². The van der Waals surface area contributed by atoms with Gasteiger partial charge in [-0.1, -0.05) is 24.0 Å². The normalized spacial score (nSPS) is 15.8. The third-order valence-electron chi connectivity index (χ3n) is 0.576. The standard InChI is InChI=1S/C3H3NOS2.CHN/c5-2-1-7-3(6)4-2;1-2/h1H2,(H,4,5,6);1H. The molecule has 0 aliphatic carbocycles. The van der Waals surface area contributed by atoms with Gasteiger partial charge >= 0.3 is 0 Å². The van der Waals surface area contributed by atoms with Crippen molar-refractivity contribution in [3.05, 3.63) is 0 Å². The molecule has 9 heavy (non-hydrogen) atoms. The third kappa shape index (κ3) is 3.06. The zero-order valence-corrected chi connectivity index (χ0v) is 6.09. The fraction of sp³-hybridized carbons (Fsp3) is 0.250. The average Bonchev–Trinajstić information content (AvgIpc) is 2.20. The number of amides is 1. The van der Waals surface area contributed by atoms with Crippen molar-refractivity contribution in [1.82, 2.24) is 5.32 Å². The summed E-state index contributed by atoms with van der Waals surface area (Å²) in [5.74, 6) is 0.522. The second-order valence-electron chi connectivity index (χ2n) is 1.12. The molecule has 48 valence electrons. The van der Waals surface area contributed by atoms with Gasteiger partial charge in [0.2, 0.25) is 5.91 Å². The third-order valence-corrected chi connectivity index (χ3v) is 1.80. The Kier molecular flexibility index (Phi) is 4.01. The van der Waals surface area contributed by atoms with Gasteiger partial charge in [0.1, 0.15) is 4.32 Å². The Hall–Kier alpha value is -0.600. The van der Waals surface area contributed by atoms with Gasteiger partial charge in [0, 0.05) is 6.57 Å². The number of hydrogen-bond donors (Lipinski definition) is 1. The summed E-state index contributed by atoms with van der Waals surface area (Å²) in [4.78, 5) is 10.2. The SMILES string of the molecule is C#N.O=C1CSC(=S)N1. The first-order valence-corrected chi connectivity index (χ1v) is 3.41. The molecule has 1 N–H and O–H groups in total. The summed E-state index contributed by atoms with van der Waals surface area (Å²) in [5, 5.41) is 8.97. The molecule has 0 saturated carbocycles. The van der Waals surface area contributed by atoms with Crippen molar-refractivity contribution in [2.24, 2.45) is 0 Å². The van der Waals surface area contributed by atoms with Crippen molar-refractivity contribution < 1.29 is 4.79 Å². The lowest BCUT2D eigenvalue weighted by atomic mass is 10.7. The lowest BCUT2D eigenvalue weighted by molar-refractivity contribution is -0.116. The molecule has 1 amide bonds. The average molecular weight is 160 g/mol. The molecule has 1 aliphatic heterocycles. The highest BCUT2D eigenvalue weighted by Gasteiger charge is 2.13. The van der Waals surface area contributed by atoms with Gasteiger partial charge in [-0.15, -0.1) is 0 Å². The molecule has 0 radical (unpaired) electrons. The largest absolute Gasteiger partial charge is 0.311 e. The number of carbonyl (C=O) groups excluding carboxylic acids is 1. The molecule has 1 rings (SSSR count). The Morgan fingerprint density at radius 1 is 1.78 bits per heavy atom. The summed E-state index contributed by atoms with van der Waals surface area (Å²) < 4.78 is 0.602.